The summed E-state index contributed by atoms with van der Waals surface area (Å²) in [7, 11) is 0. The first kappa shape index (κ1) is 19.2. The van der Waals surface area contributed by atoms with Crippen molar-refractivity contribution >= 4 is 5.91 Å². The second kappa shape index (κ2) is 8.88. The van der Waals surface area contributed by atoms with Crippen LogP contribution in [0, 0.1) is 23.7 Å². The van der Waals surface area contributed by atoms with Crippen molar-refractivity contribution in [3.05, 3.63) is 0 Å². The highest BCUT2D eigenvalue weighted by Gasteiger charge is 2.34. The van der Waals surface area contributed by atoms with Gasteiger partial charge in [0.1, 0.15) is 0 Å². The molecule has 3 rings (SSSR count). The first-order valence-corrected chi connectivity index (χ1v) is 11.1. The topological polar surface area (TPSA) is 23.6 Å². The van der Waals surface area contributed by atoms with Crippen molar-refractivity contribution in [1.29, 1.82) is 0 Å². The Hall–Kier alpha value is -0.570. The molecule has 0 aromatic heterocycles. The molecule has 2 aliphatic heterocycles. The predicted molar refractivity (Wildman–Crippen MR) is 104 cm³/mol. The summed E-state index contributed by atoms with van der Waals surface area (Å²) in [6.45, 7) is 11.3. The molecule has 0 spiro atoms. The highest BCUT2D eigenvalue weighted by atomic mass is 16.2. The third-order valence-corrected chi connectivity index (χ3v) is 7.58. The third kappa shape index (κ3) is 4.78. The fraction of sp³-hybridized carbons (Fsp3) is 0.955. The SMILES string of the molecule is CCC1CCC(N2CCC(C(=O)N3CCC(C(C)C)CC3)CC2)CC1. The summed E-state index contributed by atoms with van der Waals surface area (Å²) in [6.07, 6.45) is 11.6. The van der Waals surface area contributed by atoms with E-state index in [9.17, 15) is 4.79 Å². The molecule has 3 nitrogen and oxygen atoms in total. The van der Waals surface area contributed by atoms with E-state index in [-0.39, 0.29) is 0 Å². The molecule has 0 bridgehead atoms. The Kier molecular flexibility index (Phi) is 6.82. The lowest BCUT2D eigenvalue weighted by atomic mass is 9.82. The zero-order chi connectivity index (χ0) is 17.8. The average molecular weight is 349 g/mol. The van der Waals surface area contributed by atoms with Gasteiger partial charge in [0.25, 0.3) is 0 Å². The van der Waals surface area contributed by atoms with E-state index in [0.29, 0.717) is 11.8 Å². The summed E-state index contributed by atoms with van der Waals surface area (Å²) in [5.41, 5.74) is 0. The molecule has 0 aromatic carbocycles. The van der Waals surface area contributed by atoms with Crippen LogP contribution in [-0.4, -0.2) is 47.9 Å². The number of hydrogen-bond donors (Lipinski definition) is 0. The minimum Gasteiger partial charge on any atom is -0.342 e. The van der Waals surface area contributed by atoms with Gasteiger partial charge in [-0.3, -0.25) is 4.79 Å². The van der Waals surface area contributed by atoms with Crippen LogP contribution in [0.2, 0.25) is 0 Å². The summed E-state index contributed by atoms with van der Waals surface area (Å²) < 4.78 is 0. The molecule has 0 unspecified atom stereocenters. The Morgan fingerprint density at radius 3 is 2.00 bits per heavy atom. The molecule has 3 aliphatic rings. The normalized spacial score (nSPS) is 30.8. The van der Waals surface area contributed by atoms with Crippen molar-refractivity contribution in [2.24, 2.45) is 23.7 Å². The van der Waals surface area contributed by atoms with Gasteiger partial charge in [-0.1, -0.05) is 27.2 Å². The molecule has 1 amide bonds. The summed E-state index contributed by atoms with van der Waals surface area (Å²) in [6, 6.07) is 0.806. The third-order valence-electron chi connectivity index (χ3n) is 7.58. The molecule has 3 heteroatoms. The van der Waals surface area contributed by atoms with Crippen molar-refractivity contribution in [2.45, 2.75) is 84.6 Å². The van der Waals surface area contributed by atoms with E-state index in [2.05, 4.69) is 30.6 Å². The number of likely N-dealkylation sites (tertiary alicyclic amines) is 2. The maximum atomic E-state index is 12.9. The molecule has 144 valence electrons. The van der Waals surface area contributed by atoms with Gasteiger partial charge in [-0.25, -0.2) is 0 Å². The molecule has 1 saturated carbocycles. The van der Waals surface area contributed by atoms with Gasteiger partial charge in [-0.05, 0) is 82.2 Å². The van der Waals surface area contributed by atoms with Crippen molar-refractivity contribution < 1.29 is 4.79 Å². The number of carbonyl (C=O) groups excluding carboxylic acids is 1. The molecule has 2 saturated heterocycles. The van der Waals surface area contributed by atoms with Gasteiger partial charge in [0.2, 0.25) is 5.91 Å². The molecule has 3 fully saturated rings. The van der Waals surface area contributed by atoms with E-state index in [1.807, 2.05) is 0 Å². The number of amides is 1. The lowest BCUT2D eigenvalue weighted by molar-refractivity contribution is -0.139. The maximum absolute atomic E-state index is 12.9. The zero-order valence-corrected chi connectivity index (χ0v) is 16.9. The van der Waals surface area contributed by atoms with Crippen molar-refractivity contribution in [3.63, 3.8) is 0 Å². The fourth-order valence-corrected chi connectivity index (χ4v) is 5.47. The van der Waals surface area contributed by atoms with E-state index in [1.54, 1.807) is 0 Å². The van der Waals surface area contributed by atoms with E-state index in [4.69, 9.17) is 0 Å². The number of rotatable bonds is 4. The number of nitrogens with zero attached hydrogens (tertiary/aromatic N) is 2. The Morgan fingerprint density at radius 2 is 1.48 bits per heavy atom. The van der Waals surface area contributed by atoms with Crippen LogP contribution in [0.3, 0.4) is 0 Å². The minimum atomic E-state index is 0.304. The molecule has 0 radical (unpaired) electrons. The molecule has 1 aliphatic carbocycles. The zero-order valence-electron chi connectivity index (χ0n) is 16.9. The van der Waals surface area contributed by atoms with Gasteiger partial charge >= 0.3 is 0 Å². The van der Waals surface area contributed by atoms with Gasteiger partial charge in [-0.2, -0.15) is 0 Å². The van der Waals surface area contributed by atoms with Crippen LogP contribution in [0.15, 0.2) is 0 Å². The smallest absolute Gasteiger partial charge is 0.225 e. The molecule has 0 N–H and O–H groups in total. The van der Waals surface area contributed by atoms with Gasteiger partial charge in [-0.15, -0.1) is 0 Å². The van der Waals surface area contributed by atoms with E-state index in [1.165, 1.54) is 44.9 Å². The van der Waals surface area contributed by atoms with Crippen molar-refractivity contribution in [2.75, 3.05) is 26.2 Å². The van der Waals surface area contributed by atoms with Gasteiger partial charge < -0.3 is 9.80 Å². The lowest BCUT2D eigenvalue weighted by Crippen LogP contribution is -2.48. The summed E-state index contributed by atoms with van der Waals surface area (Å²) in [5.74, 6) is 3.34. The van der Waals surface area contributed by atoms with Crippen LogP contribution in [0.25, 0.3) is 0 Å². The molecule has 2 heterocycles. The quantitative estimate of drug-likeness (QED) is 0.743. The van der Waals surface area contributed by atoms with Crippen molar-refractivity contribution in [3.8, 4) is 0 Å². The lowest BCUT2D eigenvalue weighted by Gasteiger charge is -2.42. The highest BCUT2D eigenvalue weighted by molar-refractivity contribution is 5.79. The number of piperidine rings is 2. The minimum absolute atomic E-state index is 0.304. The predicted octanol–water partition coefficient (Wildman–Crippen LogP) is 4.56. The molecular weight excluding hydrogens is 308 g/mol. The summed E-state index contributed by atoms with van der Waals surface area (Å²) >= 11 is 0. The number of carbonyl (C=O) groups is 1. The monoisotopic (exact) mass is 348 g/mol. The second-order valence-electron chi connectivity index (χ2n) is 9.30. The van der Waals surface area contributed by atoms with E-state index < -0.39 is 0 Å². The molecule has 25 heavy (non-hydrogen) atoms. The fourth-order valence-electron chi connectivity index (χ4n) is 5.47. The van der Waals surface area contributed by atoms with E-state index in [0.717, 1.165) is 62.8 Å². The summed E-state index contributed by atoms with van der Waals surface area (Å²) in [5, 5.41) is 0. The van der Waals surface area contributed by atoms with Crippen LogP contribution < -0.4 is 0 Å². The van der Waals surface area contributed by atoms with Gasteiger partial charge in [0, 0.05) is 25.0 Å². The van der Waals surface area contributed by atoms with Crippen LogP contribution in [0.4, 0.5) is 0 Å². The Bertz CT molecular complexity index is 412. The van der Waals surface area contributed by atoms with Crippen LogP contribution in [0.5, 0.6) is 0 Å². The Morgan fingerprint density at radius 1 is 0.880 bits per heavy atom. The number of hydrogen-bond acceptors (Lipinski definition) is 2. The summed E-state index contributed by atoms with van der Waals surface area (Å²) in [4.78, 5) is 17.8. The highest BCUT2D eigenvalue weighted by Crippen LogP contribution is 2.32. The first-order valence-electron chi connectivity index (χ1n) is 11.1. The van der Waals surface area contributed by atoms with Crippen LogP contribution in [-0.2, 0) is 4.79 Å². The second-order valence-corrected chi connectivity index (χ2v) is 9.30. The first-order chi connectivity index (χ1) is 12.1. The largest absolute Gasteiger partial charge is 0.342 e. The Balaban J connectivity index is 1.41. The maximum Gasteiger partial charge on any atom is 0.225 e. The van der Waals surface area contributed by atoms with Crippen LogP contribution >= 0.6 is 0 Å². The van der Waals surface area contributed by atoms with Gasteiger partial charge in [0.15, 0.2) is 0 Å². The average Bonchev–Trinajstić information content (AvgIpc) is 2.67. The van der Waals surface area contributed by atoms with Crippen molar-refractivity contribution in [1.82, 2.24) is 9.80 Å². The van der Waals surface area contributed by atoms with Crippen LogP contribution in [0.1, 0.15) is 78.6 Å². The molecule has 0 aromatic rings. The Labute approximate surface area is 155 Å². The molecule has 0 atom stereocenters. The standard InChI is InChI=1S/C22H40N2O/c1-4-18-5-7-21(8-6-18)23-13-11-20(12-14-23)22(25)24-15-9-19(10-16-24)17(2)3/h17-21H,4-16H2,1-3H3. The van der Waals surface area contributed by atoms with E-state index >= 15 is 0 Å². The van der Waals surface area contributed by atoms with Gasteiger partial charge in [0.05, 0.1) is 0 Å². The molecular formula is C22H40N2O.